The van der Waals surface area contributed by atoms with Gasteiger partial charge in [-0.3, -0.25) is 4.90 Å². The van der Waals surface area contributed by atoms with Crippen molar-refractivity contribution in [1.82, 2.24) is 4.90 Å². The van der Waals surface area contributed by atoms with Gasteiger partial charge in [0.2, 0.25) is 5.67 Å². The van der Waals surface area contributed by atoms with Gasteiger partial charge in [0, 0.05) is 25.1 Å². The molecule has 0 aliphatic carbocycles. The average Bonchev–Trinajstić information content (AvgIpc) is 2.86. The smallest absolute Gasteiger partial charge is 0.345 e. The SMILES string of the molecule is COC(=O)[C@]1(F)CN(C(C)(C)C=O)C[C@H]1c1ccc(F)cc1F. The summed E-state index contributed by atoms with van der Waals surface area (Å²) >= 11 is 0. The average molecular weight is 329 g/mol. The molecule has 1 fully saturated rings. The number of benzene rings is 1. The number of carbonyl (C=O) groups excluding carboxylic acids is 2. The third kappa shape index (κ3) is 2.97. The Morgan fingerprint density at radius 3 is 2.61 bits per heavy atom. The fraction of sp³-hybridized carbons (Fsp3) is 0.500. The molecule has 7 heteroatoms. The predicted molar refractivity (Wildman–Crippen MR) is 76.7 cm³/mol. The molecule has 0 amide bonds. The molecular formula is C16H18F3NO3. The van der Waals surface area contributed by atoms with Crippen LogP contribution in [0.25, 0.3) is 0 Å². The van der Waals surface area contributed by atoms with Crippen LogP contribution < -0.4 is 0 Å². The second kappa shape index (κ2) is 5.96. The lowest BCUT2D eigenvalue weighted by atomic mass is 9.86. The molecule has 1 aromatic rings. The molecule has 1 heterocycles. The Hall–Kier alpha value is -1.89. The fourth-order valence-electron chi connectivity index (χ4n) is 2.84. The van der Waals surface area contributed by atoms with Gasteiger partial charge in [0.1, 0.15) is 17.9 Å². The van der Waals surface area contributed by atoms with Crippen molar-refractivity contribution in [1.29, 1.82) is 0 Å². The number of ether oxygens (including phenoxy) is 1. The Morgan fingerprint density at radius 2 is 2.09 bits per heavy atom. The summed E-state index contributed by atoms with van der Waals surface area (Å²) in [6, 6.07) is 2.76. The molecule has 0 spiro atoms. The van der Waals surface area contributed by atoms with Crippen molar-refractivity contribution in [3.8, 4) is 0 Å². The van der Waals surface area contributed by atoms with E-state index in [0.717, 1.165) is 19.2 Å². The summed E-state index contributed by atoms with van der Waals surface area (Å²) in [5, 5.41) is 0. The van der Waals surface area contributed by atoms with E-state index in [1.54, 1.807) is 13.8 Å². The molecule has 2 rings (SSSR count). The Balaban J connectivity index is 2.49. The minimum atomic E-state index is -2.52. The zero-order valence-corrected chi connectivity index (χ0v) is 13.1. The van der Waals surface area contributed by atoms with E-state index in [2.05, 4.69) is 4.74 Å². The number of hydrogen-bond acceptors (Lipinski definition) is 4. The Bertz CT molecular complexity index is 635. The minimum absolute atomic E-state index is 0.0696. The highest BCUT2D eigenvalue weighted by Crippen LogP contribution is 2.43. The van der Waals surface area contributed by atoms with Gasteiger partial charge in [-0.2, -0.15) is 0 Å². The number of likely N-dealkylation sites (tertiary alicyclic amines) is 1. The number of alkyl halides is 1. The first-order chi connectivity index (χ1) is 10.7. The summed E-state index contributed by atoms with van der Waals surface area (Å²) in [5.74, 6) is -4.08. The first-order valence-electron chi connectivity index (χ1n) is 7.09. The third-order valence-corrected chi connectivity index (χ3v) is 4.34. The molecule has 1 aliphatic rings. The Labute approximate surface area is 132 Å². The zero-order valence-electron chi connectivity index (χ0n) is 13.1. The number of halogens is 3. The van der Waals surface area contributed by atoms with E-state index in [4.69, 9.17) is 0 Å². The van der Waals surface area contributed by atoms with Crippen LogP contribution in [0.2, 0.25) is 0 Å². The van der Waals surface area contributed by atoms with Gasteiger partial charge < -0.3 is 9.53 Å². The van der Waals surface area contributed by atoms with Gasteiger partial charge >= 0.3 is 5.97 Å². The molecular weight excluding hydrogens is 311 g/mol. The van der Waals surface area contributed by atoms with Crippen LogP contribution >= 0.6 is 0 Å². The molecule has 1 aromatic carbocycles. The number of rotatable bonds is 4. The Morgan fingerprint density at radius 1 is 1.43 bits per heavy atom. The summed E-state index contributed by atoms with van der Waals surface area (Å²) in [4.78, 5) is 24.6. The molecule has 0 radical (unpaired) electrons. The van der Waals surface area contributed by atoms with Crippen molar-refractivity contribution in [2.45, 2.75) is 31.0 Å². The molecule has 0 aromatic heterocycles. The van der Waals surface area contributed by atoms with E-state index in [9.17, 15) is 18.4 Å². The summed E-state index contributed by atoms with van der Waals surface area (Å²) in [7, 11) is 1.04. The van der Waals surface area contributed by atoms with E-state index in [0.29, 0.717) is 12.4 Å². The van der Waals surface area contributed by atoms with Gasteiger partial charge in [0.05, 0.1) is 12.6 Å². The van der Waals surface area contributed by atoms with Gasteiger partial charge in [0.25, 0.3) is 0 Å². The molecule has 126 valence electrons. The maximum Gasteiger partial charge on any atom is 0.345 e. The number of hydrogen-bond donors (Lipinski definition) is 0. The predicted octanol–water partition coefficient (Wildman–Crippen LogP) is 2.22. The van der Waals surface area contributed by atoms with Crippen LogP contribution in [0.3, 0.4) is 0 Å². The first-order valence-corrected chi connectivity index (χ1v) is 7.09. The lowest BCUT2D eigenvalue weighted by molar-refractivity contribution is -0.155. The topological polar surface area (TPSA) is 46.6 Å². The van der Waals surface area contributed by atoms with Crippen molar-refractivity contribution in [2.75, 3.05) is 20.2 Å². The van der Waals surface area contributed by atoms with E-state index in [1.807, 2.05) is 0 Å². The summed E-state index contributed by atoms with van der Waals surface area (Å²) < 4.78 is 47.0. The van der Waals surface area contributed by atoms with Crippen LogP contribution in [-0.2, 0) is 14.3 Å². The molecule has 0 bridgehead atoms. The highest BCUT2D eigenvalue weighted by atomic mass is 19.1. The fourth-order valence-corrected chi connectivity index (χ4v) is 2.84. The van der Waals surface area contributed by atoms with Crippen LogP contribution in [0.5, 0.6) is 0 Å². The maximum atomic E-state index is 15.4. The van der Waals surface area contributed by atoms with Crippen molar-refractivity contribution >= 4 is 12.3 Å². The number of methoxy groups -OCH3 is 1. The quantitative estimate of drug-likeness (QED) is 0.628. The van der Waals surface area contributed by atoms with Crippen LogP contribution in [0.1, 0.15) is 25.3 Å². The van der Waals surface area contributed by atoms with Crippen molar-refractivity contribution < 1.29 is 27.5 Å². The van der Waals surface area contributed by atoms with Crippen molar-refractivity contribution in [2.24, 2.45) is 0 Å². The third-order valence-electron chi connectivity index (χ3n) is 4.34. The van der Waals surface area contributed by atoms with Crippen LogP contribution in [0, 0.1) is 11.6 Å². The Kier molecular flexibility index (Phi) is 4.52. The number of nitrogens with zero attached hydrogens (tertiary/aromatic N) is 1. The molecule has 1 saturated heterocycles. The summed E-state index contributed by atoms with van der Waals surface area (Å²) in [6.45, 7) is 2.66. The number of esters is 1. The highest BCUT2D eigenvalue weighted by Gasteiger charge is 2.57. The molecule has 4 nitrogen and oxygen atoms in total. The number of carbonyl (C=O) groups is 2. The van der Waals surface area contributed by atoms with E-state index >= 15 is 4.39 Å². The monoisotopic (exact) mass is 329 g/mol. The van der Waals surface area contributed by atoms with E-state index < -0.39 is 41.3 Å². The molecule has 2 atom stereocenters. The number of aldehydes is 1. The summed E-state index contributed by atoms with van der Waals surface area (Å²) in [6.07, 6.45) is 0.633. The molecule has 0 unspecified atom stereocenters. The van der Waals surface area contributed by atoms with Gasteiger partial charge in [-0.05, 0) is 25.5 Å². The second-order valence-electron chi connectivity index (χ2n) is 6.22. The molecule has 1 aliphatic heterocycles. The normalized spacial score (nSPS) is 25.4. The van der Waals surface area contributed by atoms with E-state index in [1.165, 1.54) is 4.90 Å². The van der Waals surface area contributed by atoms with Crippen LogP contribution in [0.4, 0.5) is 13.2 Å². The van der Waals surface area contributed by atoms with Gasteiger partial charge in [-0.15, -0.1) is 0 Å². The van der Waals surface area contributed by atoms with Gasteiger partial charge in [-0.1, -0.05) is 6.07 Å². The largest absolute Gasteiger partial charge is 0.467 e. The zero-order chi connectivity index (χ0) is 17.4. The lowest BCUT2D eigenvalue weighted by Crippen LogP contribution is -2.47. The molecule has 23 heavy (non-hydrogen) atoms. The standard InChI is InChI=1S/C16H18F3NO3/c1-15(2,9-21)20-7-12(16(19,8-20)14(22)23-3)11-5-4-10(17)6-13(11)18/h4-6,9,12H,7-8H2,1-3H3/t12-,16-/m0/s1. The van der Waals surface area contributed by atoms with Gasteiger partial charge in [0.15, 0.2) is 0 Å². The highest BCUT2D eigenvalue weighted by molar-refractivity contribution is 5.82. The summed E-state index contributed by atoms with van der Waals surface area (Å²) in [5.41, 5.74) is -3.67. The lowest BCUT2D eigenvalue weighted by Gasteiger charge is -2.30. The minimum Gasteiger partial charge on any atom is -0.467 e. The molecule has 0 N–H and O–H groups in total. The molecule has 0 saturated carbocycles. The van der Waals surface area contributed by atoms with Crippen molar-refractivity contribution in [3.63, 3.8) is 0 Å². The maximum absolute atomic E-state index is 15.4. The second-order valence-corrected chi connectivity index (χ2v) is 6.22. The first kappa shape index (κ1) is 17.5. The van der Waals surface area contributed by atoms with E-state index in [-0.39, 0.29) is 12.1 Å². The van der Waals surface area contributed by atoms with Crippen molar-refractivity contribution in [3.05, 3.63) is 35.4 Å². The van der Waals surface area contributed by atoms with Crippen LogP contribution in [-0.4, -0.2) is 48.6 Å². The van der Waals surface area contributed by atoms with Gasteiger partial charge in [-0.25, -0.2) is 18.0 Å². The van der Waals surface area contributed by atoms with Crippen LogP contribution in [0.15, 0.2) is 18.2 Å².